The van der Waals surface area contributed by atoms with Crippen LogP contribution in [-0.2, 0) is 42.9 Å². The average molecular weight is 486 g/mol. The Balaban J connectivity index is 0.00000204. The predicted molar refractivity (Wildman–Crippen MR) is 124 cm³/mol. The van der Waals surface area contributed by atoms with Crippen molar-refractivity contribution < 1.29 is 49.3 Å². The molecule has 2 aliphatic carbocycles. The molecule has 0 saturated carbocycles. The number of anilines is 2. The maximum absolute atomic E-state index is 13.2. The van der Waals surface area contributed by atoms with Gasteiger partial charge in [0.2, 0.25) is 0 Å². The Morgan fingerprint density at radius 2 is 1.82 bits per heavy atom. The Morgan fingerprint density at radius 1 is 1.21 bits per heavy atom. The van der Waals surface area contributed by atoms with E-state index in [1.165, 1.54) is 22.0 Å². The number of fused-ring (bicyclic) bond motifs is 2. The van der Waals surface area contributed by atoms with Crippen LogP contribution < -0.4 is 43.9 Å². The summed E-state index contributed by atoms with van der Waals surface area (Å²) in [6.45, 7) is 3.21. The third-order valence-electron chi connectivity index (χ3n) is 6.13. The number of aryl methyl sites for hydroxylation is 3. The molecule has 0 unspecified atom stereocenters. The number of hydrogen-bond donors (Lipinski definition) is 3. The third kappa shape index (κ3) is 5.92. The minimum atomic E-state index is -4.23. The molecule has 0 bridgehead atoms. The molecule has 0 spiro atoms. The van der Waals surface area contributed by atoms with E-state index in [0.29, 0.717) is 5.69 Å². The van der Waals surface area contributed by atoms with Gasteiger partial charge in [-0.3, -0.25) is 8.99 Å². The number of nitrogens with one attached hydrogen (secondary N) is 2. The van der Waals surface area contributed by atoms with Crippen LogP contribution in [-0.4, -0.2) is 41.5 Å². The van der Waals surface area contributed by atoms with Crippen LogP contribution in [0.1, 0.15) is 56.8 Å². The second kappa shape index (κ2) is 9.95. The van der Waals surface area contributed by atoms with Gasteiger partial charge in [0, 0.05) is 25.5 Å². The zero-order valence-electron chi connectivity index (χ0n) is 20.8. The molecular formula is C22H32N5NaO4S. The molecular weight excluding hydrogens is 453 g/mol. The fourth-order valence-electron chi connectivity index (χ4n) is 4.58. The molecule has 33 heavy (non-hydrogen) atoms. The van der Waals surface area contributed by atoms with Crippen LogP contribution >= 0.6 is 0 Å². The smallest absolute Gasteiger partial charge is 1.00 e. The summed E-state index contributed by atoms with van der Waals surface area (Å²) in [5.41, 5.74) is 4.80. The van der Waals surface area contributed by atoms with E-state index >= 15 is 0 Å². The first-order chi connectivity index (χ1) is 15.0. The molecule has 1 heterocycles. The van der Waals surface area contributed by atoms with Crippen LogP contribution in [0.25, 0.3) is 0 Å². The summed E-state index contributed by atoms with van der Waals surface area (Å²) in [5.74, 6) is 0. The number of rotatable bonds is 7. The number of carbonyl (C=O) groups excluding carboxylic acids is 1. The van der Waals surface area contributed by atoms with Crippen molar-refractivity contribution in [2.75, 3.05) is 16.2 Å². The fraction of sp³-hybridized carbons (Fsp3) is 0.545. The van der Waals surface area contributed by atoms with E-state index in [-0.39, 0.29) is 43.9 Å². The summed E-state index contributed by atoms with van der Waals surface area (Å²) >= 11 is 0. The van der Waals surface area contributed by atoms with Crippen LogP contribution in [0.5, 0.6) is 0 Å². The summed E-state index contributed by atoms with van der Waals surface area (Å²) < 4.78 is 31.0. The molecule has 0 aliphatic heterocycles. The second-order valence-corrected chi connectivity index (χ2v) is 10.9. The molecule has 2 aliphatic rings. The molecule has 2 aromatic rings. The Labute approximate surface area is 218 Å². The summed E-state index contributed by atoms with van der Waals surface area (Å²) in [6, 6.07) is 1.47. The zero-order chi connectivity index (χ0) is 23.1. The van der Waals surface area contributed by atoms with Crippen molar-refractivity contribution in [3.05, 3.63) is 40.7 Å². The van der Waals surface area contributed by atoms with Crippen LogP contribution in [0, 0.1) is 0 Å². The standard InChI is InChI=1S/C22H31N5O4S.Na.H/c1-22(2,29)10-11-27(17-13-23-26(3)14-17)32(30,31)25-21(28)24-20-18-8-4-6-15(18)12-16-7-5-9-19(16)20;;/h12-14,29H,4-11H2,1-3H3,(H2,24,25,28);;/q;+1;-1. The maximum atomic E-state index is 13.2. The molecule has 11 heteroatoms. The number of urea groups is 1. The minimum absolute atomic E-state index is 0. The fourth-order valence-corrected chi connectivity index (χ4v) is 5.68. The van der Waals surface area contributed by atoms with E-state index in [0.717, 1.165) is 59.6 Å². The van der Waals surface area contributed by atoms with Gasteiger partial charge >= 0.3 is 45.8 Å². The van der Waals surface area contributed by atoms with E-state index in [1.54, 1.807) is 27.1 Å². The van der Waals surface area contributed by atoms with Gasteiger partial charge in [0.1, 0.15) is 0 Å². The largest absolute Gasteiger partial charge is 1.00 e. The first-order valence-electron chi connectivity index (χ1n) is 11.0. The van der Waals surface area contributed by atoms with E-state index in [9.17, 15) is 18.3 Å². The van der Waals surface area contributed by atoms with Crippen molar-refractivity contribution >= 4 is 27.6 Å². The quantitative estimate of drug-likeness (QED) is 0.460. The second-order valence-electron chi connectivity index (χ2n) is 9.30. The Hall–Kier alpha value is -1.59. The third-order valence-corrected chi connectivity index (χ3v) is 7.55. The summed E-state index contributed by atoms with van der Waals surface area (Å²) in [4.78, 5) is 12.9. The first-order valence-corrected chi connectivity index (χ1v) is 12.5. The molecule has 176 valence electrons. The van der Waals surface area contributed by atoms with Gasteiger partial charge in [0.05, 0.1) is 17.5 Å². The van der Waals surface area contributed by atoms with E-state index in [2.05, 4.69) is 21.2 Å². The van der Waals surface area contributed by atoms with Gasteiger partial charge < -0.3 is 11.8 Å². The van der Waals surface area contributed by atoms with Crippen molar-refractivity contribution in [1.29, 1.82) is 0 Å². The van der Waals surface area contributed by atoms with Crippen LogP contribution in [0.2, 0.25) is 0 Å². The molecule has 0 saturated heterocycles. The predicted octanol–water partition coefficient (Wildman–Crippen LogP) is -0.452. The minimum Gasteiger partial charge on any atom is -1.00 e. The Bertz CT molecular complexity index is 1110. The van der Waals surface area contributed by atoms with Gasteiger partial charge in [-0.15, -0.1) is 0 Å². The number of amides is 2. The number of hydrogen-bond acceptors (Lipinski definition) is 5. The maximum Gasteiger partial charge on any atom is 1.00 e. The van der Waals surface area contributed by atoms with Crippen molar-refractivity contribution in [1.82, 2.24) is 14.5 Å². The zero-order valence-corrected chi connectivity index (χ0v) is 22.6. The van der Waals surface area contributed by atoms with Crippen LogP contribution in [0.15, 0.2) is 18.5 Å². The molecule has 0 fully saturated rings. The van der Waals surface area contributed by atoms with Gasteiger partial charge in [-0.25, -0.2) is 9.52 Å². The van der Waals surface area contributed by atoms with E-state index < -0.39 is 21.8 Å². The molecule has 3 N–H and O–H groups in total. The molecule has 0 radical (unpaired) electrons. The summed E-state index contributed by atoms with van der Waals surface area (Å²) in [5, 5.41) is 17.0. The Kier molecular flexibility index (Phi) is 7.85. The Morgan fingerprint density at radius 3 is 2.33 bits per heavy atom. The average Bonchev–Trinajstić information content (AvgIpc) is 3.40. The van der Waals surface area contributed by atoms with Gasteiger partial charge in [-0.05, 0) is 81.0 Å². The van der Waals surface area contributed by atoms with Crippen molar-refractivity contribution in [2.45, 2.75) is 64.4 Å². The number of benzene rings is 1. The number of carbonyl (C=O) groups is 1. The molecule has 1 aromatic carbocycles. The molecule has 4 rings (SSSR count). The van der Waals surface area contributed by atoms with Crippen molar-refractivity contribution in [3.63, 3.8) is 0 Å². The number of nitrogens with zero attached hydrogens (tertiary/aromatic N) is 3. The molecule has 9 nitrogen and oxygen atoms in total. The normalized spacial score (nSPS) is 14.9. The SMILES string of the molecule is Cn1cc(N(CCC(C)(C)O)S(=O)(=O)NC(=O)Nc2c3c(cc4c2CCC4)CCC3)cn1.[H-].[Na+]. The van der Waals surface area contributed by atoms with Gasteiger partial charge in [0.25, 0.3) is 0 Å². The molecule has 2 amide bonds. The molecule has 1 aromatic heterocycles. The van der Waals surface area contributed by atoms with Crippen molar-refractivity contribution in [2.24, 2.45) is 7.05 Å². The first kappa shape index (κ1) is 26.0. The number of aliphatic hydroxyl groups is 1. The van der Waals surface area contributed by atoms with Crippen LogP contribution in [0.3, 0.4) is 0 Å². The summed E-state index contributed by atoms with van der Waals surface area (Å²) in [6.07, 6.45) is 8.99. The topological polar surface area (TPSA) is 117 Å². The van der Waals surface area contributed by atoms with Gasteiger partial charge in [0.15, 0.2) is 0 Å². The van der Waals surface area contributed by atoms with Crippen molar-refractivity contribution in [3.8, 4) is 0 Å². The van der Waals surface area contributed by atoms with Gasteiger partial charge in [-0.2, -0.15) is 13.5 Å². The monoisotopic (exact) mass is 485 g/mol. The van der Waals surface area contributed by atoms with E-state index in [1.807, 2.05) is 0 Å². The molecule has 0 atom stereocenters. The van der Waals surface area contributed by atoms with Gasteiger partial charge in [-0.1, -0.05) is 6.07 Å². The van der Waals surface area contributed by atoms with E-state index in [4.69, 9.17) is 0 Å². The number of aromatic nitrogens is 2. The van der Waals surface area contributed by atoms with Crippen LogP contribution in [0.4, 0.5) is 16.2 Å². The summed E-state index contributed by atoms with van der Waals surface area (Å²) in [7, 11) is -2.54.